The molecule has 1 aliphatic heterocycles. The Bertz CT molecular complexity index is 2430. The highest BCUT2D eigenvalue weighted by atomic mass is 16.7. The highest BCUT2D eigenvalue weighted by molar-refractivity contribution is 6.18. The minimum atomic E-state index is -1.25. The molecule has 11 nitrogen and oxygen atoms in total. The fourth-order valence-electron chi connectivity index (χ4n) is 8.48. The van der Waals surface area contributed by atoms with Crippen molar-refractivity contribution in [3.05, 3.63) is 124 Å². The summed E-state index contributed by atoms with van der Waals surface area (Å²) in [7, 11) is 7.75. The van der Waals surface area contributed by atoms with Crippen LogP contribution in [-0.4, -0.2) is 62.3 Å². The van der Waals surface area contributed by atoms with Crippen LogP contribution in [-0.2, 0) is 40.3 Å². The number of hydrogen-bond donors (Lipinski definition) is 1. The van der Waals surface area contributed by atoms with E-state index in [2.05, 4.69) is 52.9 Å². The molecule has 5 aromatic rings. The molecule has 9 rings (SSSR count). The highest BCUT2D eigenvalue weighted by Crippen LogP contribution is 2.63. The first kappa shape index (κ1) is 38.0. The third kappa shape index (κ3) is 6.84. The number of carbonyl (C=O) groups is 3. The van der Waals surface area contributed by atoms with Crippen LogP contribution in [0.1, 0.15) is 70.4 Å². The lowest BCUT2D eigenvalue weighted by atomic mass is 9.63. The van der Waals surface area contributed by atoms with Gasteiger partial charge in [-0.15, -0.1) is 0 Å². The molecule has 3 aliphatic carbocycles. The maximum Gasteiger partial charge on any atom is 0.509 e. The van der Waals surface area contributed by atoms with Gasteiger partial charge in [0, 0.05) is 48.8 Å². The second-order valence-corrected chi connectivity index (χ2v) is 16.4. The molecule has 57 heavy (non-hydrogen) atoms. The molecule has 4 aromatic carbocycles. The second kappa shape index (κ2) is 14.5. The van der Waals surface area contributed by atoms with E-state index in [9.17, 15) is 14.4 Å². The van der Waals surface area contributed by atoms with Crippen molar-refractivity contribution in [2.75, 3.05) is 33.1 Å². The Morgan fingerprint density at radius 3 is 2.35 bits per heavy atom. The summed E-state index contributed by atoms with van der Waals surface area (Å²) in [6, 6.07) is 26.1. The third-order valence-corrected chi connectivity index (χ3v) is 11.0. The largest absolute Gasteiger partial charge is 0.509 e. The first-order valence-corrected chi connectivity index (χ1v) is 19.3. The molecule has 294 valence electrons. The van der Waals surface area contributed by atoms with Gasteiger partial charge in [0.2, 0.25) is 11.4 Å². The van der Waals surface area contributed by atoms with Crippen molar-refractivity contribution in [3.8, 4) is 17.0 Å². The number of ether oxygens (including phenoxy) is 4. The van der Waals surface area contributed by atoms with Crippen molar-refractivity contribution in [2.24, 2.45) is 11.8 Å². The fourth-order valence-corrected chi connectivity index (χ4v) is 8.48. The van der Waals surface area contributed by atoms with Crippen LogP contribution in [0.25, 0.3) is 21.9 Å². The number of rotatable bonds is 7. The topological polar surface area (TPSA) is 133 Å². The van der Waals surface area contributed by atoms with Gasteiger partial charge in [0.05, 0.1) is 0 Å². The summed E-state index contributed by atoms with van der Waals surface area (Å²) in [5.74, 6) is 0.198. The minimum Gasteiger partial charge on any atom is -0.470 e. The van der Waals surface area contributed by atoms with Gasteiger partial charge in [-0.1, -0.05) is 60.7 Å². The Labute approximate surface area is 331 Å². The van der Waals surface area contributed by atoms with E-state index < -0.39 is 17.4 Å². The van der Waals surface area contributed by atoms with Crippen molar-refractivity contribution < 1.29 is 37.9 Å². The van der Waals surface area contributed by atoms with Crippen molar-refractivity contribution in [3.63, 3.8) is 0 Å². The van der Waals surface area contributed by atoms with Gasteiger partial charge in [-0.2, -0.15) is 0 Å². The van der Waals surface area contributed by atoms with Crippen LogP contribution in [0.5, 0.6) is 5.88 Å². The Kier molecular flexibility index (Phi) is 9.68. The molecule has 0 saturated carbocycles. The third-order valence-electron chi connectivity index (χ3n) is 11.0. The normalized spacial score (nSPS) is 20.1. The van der Waals surface area contributed by atoms with E-state index in [1.54, 1.807) is 20.8 Å². The molecule has 1 saturated heterocycles. The van der Waals surface area contributed by atoms with Crippen LogP contribution >= 0.6 is 0 Å². The molecule has 11 heteroatoms. The van der Waals surface area contributed by atoms with Gasteiger partial charge in [-0.25, -0.2) is 4.79 Å². The average molecular weight is 770 g/mol. The van der Waals surface area contributed by atoms with Crippen molar-refractivity contribution in [2.45, 2.75) is 64.4 Å². The molecule has 1 aromatic heterocycles. The van der Waals surface area contributed by atoms with Gasteiger partial charge in [0.15, 0.2) is 17.3 Å². The Hall–Kier alpha value is -5.94. The first-order chi connectivity index (χ1) is 27.3. The number of aromatic nitrogens is 1. The maximum absolute atomic E-state index is 14.9. The van der Waals surface area contributed by atoms with E-state index in [4.69, 9.17) is 23.5 Å². The molecule has 0 amide bonds. The second-order valence-electron chi connectivity index (χ2n) is 16.4. The molecule has 4 aliphatic rings. The van der Waals surface area contributed by atoms with Gasteiger partial charge in [0.1, 0.15) is 24.4 Å². The fraction of sp³-hybridized carbons (Fsp3) is 0.348. The van der Waals surface area contributed by atoms with Crippen molar-refractivity contribution >= 4 is 34.2 Å². The number of Topliss-reactive ketones (excluding diaryl/α,β-unsaturated/α-hetero) is 2. The minimum absolute atomic E-state index is 0.133. The number of allylic oxidation sites excluding steroid dienone is 1. The zero-order valence-corrected chi connectivity index (χ0v) is 33.4. The Morgan fingerprint density at radius 1 is 0.930 bits per heavy atom. The molecule has 3 atom stereocenters. The van der Waals surface area contributed by atoms with Crippen LogP contribution in [0.3, 0.4) is 0 Å². The predicted octanol–water partition coefficient (Wildman–Crippen LogP) is 8.26. The number of fused-ring (bicyclic) bond motifs is 4. The van der Waals surface area contributed by atoms with Crippen LogP contribution < -0.4 is 15.0 Å². The molecule has 0 unspecified atom stereocenters. The summed E-state index contributed by atoms with van der Waals surface area (Å²) in [4.78, 5) is 44.2. The van der Waals surface area contributed by atoms with Gasteiger partial charge in [-0.3, -0.25) is 9.59 Å². The lowest BCUT2D eigenvalue weighted by Gasteiger charge is -2.35. The number of benzene rings is 4. The van der Waals surface area contributed by atoms with E-state index in [1.807, 2.05) is 69.5 Å². The summed E-state index contributed by atoms with van der Waals surface area (Å²) in [6.07, 6.45) is 0.767. The van der Waals surface area contributed by atoms with Gasteiger partial charge >= 0.3 is 6.16 Å². The highest BCUT2D eigenvalue weighted by Gasteiger charge is 2.72. The summed E-state index contributed by atoms with van der Waals surface area (Å²) in [6.45, 7) is 5.37. The number of nitrogens with zero attached hydrogens (tertiary/aromatic N) is 2. The molecular weight excluding hydrogens is 723 g/mol. The number of anilines is 1. The molecule has 0 radical (unpaired) electrons. The number of nitrogens with one attached hydrogen (secondary N) is 1. The predicted molar refractivity (Wildman–Crippen MR) is 216 cm³/mol. The Balaban J connectivity index is 0.00000147. The number of ketones is 2. The van der Waals surface area contributed by atoms with Crippen molar-refractivity contribution in [1.29, 1.82) is 0 Å². The van der Waals surface area contributed by atoms with E-state index in [0.29, 0.717) is 47.5 Å². The Morgan fingerprint density at radius 2 is 1.65 bits per heavy atom. The quantitative estimate of drug-likeness (QED) is 0.127. The molecule has 1 N–H and O–H groups in total. The summed E-state index contributed by atoms with van der Waals surface area (Å²) >= 11 is 0. The van der Waals surface area contributed by atoms with E-state index >= 15 is 0 Å². The average Bonchev–Trinajstić information content (AvgIpc) is 3.81. The first-order valence-electron chi connectivity index (χ1n) is 19.3. The summed E-state index contributed by atoms with van der Waals surface area (Å²) in [5, 5.41) is 8.62. The number of epoxide rings is 1. The zero-order chi connectivity index (χ0) is 40.2. The van der Waals surface area contributed by atoms with Gasteiger partial charge < -0.3 is 33.7 Å². The van der Waals surface area contributed by atoms with Crippen molar-refractivity contribution in [1.82, 2.24) is 10.5 Å². The zero-order valence-electron chi connectivity index (χ0n) is 33.4. The molecule has 0 bridgehead atoms. The van der Waals surface area contributed by atoms with E-state index in [-0.39, 0.29) is 48.1 Å². The monoisotopic (exact) mass is 769 g/mol. The maximum atomic E-state index is 14.9. The van der Waals surface area contributed by atoms with Gasteiger partial charge in [-0.05, 0) is 110 Å². The molecule has 2 heterocycles. The number of hydrogen-bond acceptors (Lipinski definition) is 11. The lowest BCUT2D eigenvalue weighted by Crippen LogP contribution is -2.44. The molecular formula is C46H47N3O8. The van der Waals surface area contributed by atoms with Gasteiger partial charge in [0.25, 0.3) is 5.88 Å². The van der Waals surface area contributed by atoms with E-state index in [0.717, 1.165) is 38.7 Å². The molecule has 1 spiro atoms. The van der Waals surface area contributed by atoms with Crippen LogP contribution in [0, 0.1) is 11.8 Å². The van der Waals surface area contributed by atoms with Crippen LogP contribution in [0.2, 0.25) is 0 Å². The van der Waals surface area contributed by atoms with E-state index in [1.165, 1.54) is 0 Å². The van der Waals surface area contributed by atoms with Crippen LogP contribution in [0.4, 0.5) is 10.5 Å². The number of carbonyl (C=O) groups excluding carboxylic acids is 3. The molecule has 1 fully saturated rings. The summed E-state index contributed by atoms with van der Waals surface area (Å²) < 4.78 is 29.2. The summed E-state index contributed by atoms with van der Waals surface area (Å²) in [5.41, 5.74) is 4.73. The standard InChI is InChI=1S/C44H40N2O8.C2H7N/c1-43(2,3)53-42(49)51-23-33-32-20-26(25-13-15-31(16-14-25)46(4)5)11-12-27(32)17-28-18-29-19-30-21-34-37(41(45-54-34)50-22-24-9-7-6-8-10-24)39(48)44(30)40(52-44)36(29)38(47)35(28)33;1-3-2/h6-17,20,29-30H,18-19,21-23H2,1-5H3;3H,1-2H3/t29-,30-,44+;/m0./s1. The van der Waals surface area contributed by atoms with Crippen LogP contribution in [0.15, 0.2) is 94.7 Å². The smallest absolute Gasteiger partial charge is 0.470 e. The SMILES string of the molecule is CN(C)c1ccc(-c2ccc3cc4c(c(COC(=O)OC(C)(C)C)c3c2)C(=O)C2=C3O[C@]35C(=O)c3c(OCc6ccccc6)noc3C[C@@H]5C[C@@H]2C4)cc1.CNC. The lowest BCUT2D eigenvalue weighted by molar-refractivity contribution is -0.0107.